The monoisotopic (exact) mass is 260 g/mol. The maximum atomic E-state index is 10.7. The highest BCUT2D eigenvalue weighted by molar-refractivity contribution is 9.10. The van der Waals surface area contributed by atoms with Crippen LogP contribution in [0.4, 0.5) is 5.69 Å². The first kappa shape index (κ1) is 10.5. The van der Waals surface area contributed by atoms with Crippen molar-refractivity contribution in [1.82, 2.24) is 0 Å². The number of rotatable bonds is 3. The van der Waals surface area contributed by atoms with Gasteiger partial charge in [-0.3, -0.25) is 0 Å². The standard InChI is InChI=1S/C7H5BrN2O4/c8-4-1-2-6(9-10(13)14)5(3-4)7(11)12/h1-3,9H,(H,11,12). The normalized spacial score (nSPS) is 9.50. The van der Waals surface area contributed by atoms with E-state index in [1.807, 2.05) is 0 Å². The second-order valence-electron chi connectivity index (χ2n) is 2.36. The number of nitro groups is 1. The zero-order chi connectivity index (χ0) is 10.7. The third-order valence-corrected chi connectivity index (χ3v) is 1.92. The van der Waals surface area contributed by atoms with Crippen LogP contribution in [-0.2, 0) is 0 Å². The fraction of sp³-hybridized carbons (Fsp3) is 0. The van der Waals surface area contributed by atoms with Crippen molar-refractivity contribution in [2.45, 2.75) is 0 Å². The molecule has 1 aromatic rings. The Bertz CT molecular complexity index is 393. The van der Waals surface area contributed by atoms with Gasteiger partial charge in [0, 0.05) is 4.47 Å². The Balaban J connectivity index is 3.14. The first-order chi connectivity index (χ1) is 6.50. The number of nitrogens with one attached hydrogen (secondary N) is 1. The lowest BCUT2D eigenvalue weighted by Gasteiger charge is -2.02. The molecule has 0 fully saturated rings. The van der Waals surface area contributed by atoms with E-state index in [0.29, 0.717) is 4.47 Å². The van der Waals surface area contributed by atoms with E-state index in [1.54, 1.807) is 5.43 Å². The van der Waals surface area contributed by atoms with E-state index >= 15 is 0 Å². The molecule has 0 heterocycles. The predicted octanol–water partition coefficient (Wildman–Crippen LogP) is 1.75. The second kappa shape index (κ2) is 4.05. The van der Waals surface area contributed by atoms with Gasteiger partial charge in [-0.2, -0.15) is 0 Å². The van der Waals surface area contributed by atoms with Gasteiger partial charge in [-0.15, -0.1) is 5.43 Å². The van der Waals surface area contributed by atoms with Crippen LogP contribution in [0.5, 0.6) is 0 Å². The molecule has 0 saturated heterocycles. The molecule has 0 bridgehead atoms. The fourth-order valence-corrected chi connectivity index (χ4v) is 1.25. The number of aromatic carboxylic acids is 1. The average Bonchev–Trinajstić information content (AvgIpc) is 2.07. The molecule has 0 amide bonds. The molecule has 1 rings (SSSR count). The SMILES string of the molecule is O=C(O)c1cc(Br)ccc1N[N+](=O)[O-]. The van der Waals surface area contributed by atoms with E-state index in [1.165, 1.54) is 18.2 Å². The second-order valence-corrected chi connectivity index (χ2v) is 3.28. The smallest absolute Gasteiger partial charge is 0.338 e. The number of carboxylic acids is 1. The first-order valence-electron chi connectivity index (χ1n) is 3.44. The van der Waals surface area contributed by atoms with Crippen molar-refractivity contribution < 1.29 is 14.9 Å². The number of halogens is 1. The summed E-state index contributed by atoms with van der Waals surface area (Å²) in [5.74, 6) is -1.23. The Kier molecular flexibility index (Phi) is 3.03. The molecule has 2 N–H and O–H groups in total. The molecule has 0 aliphatic heterocycles. The van der Waals surface area contributed by atoms with Gasteiger partial charge in [0.05, 0.1) is 5.56 Å². The molecule has 1 aromatic carbocycles. The summed E-state index contributed by atoms with van der Waals surface area (Å²) >= 11 is 3.07. The van der Waals surface area contributed by atoms with Crippen molar-refractivity contribution >= 4 is 27.6 Å². The van der Waals surface area contributed by atoms with Crippen LogP contribution in [0.25, 0.3) is 0 Å². The van der Waals surface area contributed by atoms with Crippen molar-refractivity contribution in [3.05, 3.63) is 38.3 Å². The number of hydrazine groups is 1. The average molecular weight is 261 g/mol. The fourth-order valence-electron chi connectivity index (χ4n) is 0.889. The van der Waals surface area contributed by atoms with Crippen molar-refractivity contribution in [3.63, 3.8) is 0 Å². The molecule has 0 aliphatic carbocycles. The summed E-state index contributed by atoms with van der Waals surface area (Å²) in [5, 5.41) is 18.0. The predicted molar refractivity (Wildman–Crippen MR) is 51.7 cm³/mol. The van der Waals surface area contributed by atoms with Crippen molar-refractivity contribution in [1.29, 1.82) is 0 Å². The number of carboxylic acid groups (broad SMARTS) is 1. The Morgan fingerprint density at radius 1 is 1.57 bits per heavy atom. The van der Waals surface area contributed by atoms with Crippen LogP contribution in [0.2, 0.25) is 0 Å². The van der Waals surface area contributed by atoms with Crippen molar-refractivity contribution in [2.24, 2.45) is 0 Å². The summed E-state index contributed by atoms with van der Waals surface area (Å²) in [6.07, 6.45) is 0. The lowest BCUT2D eigenvalue weighted by Crippen LogP contribution is -2.12. The van der Waals surface area contributed by atoms with Crippen molar-refractivity contribution in [2.75, 3.05) is 5.43 Å². The van der Waals surface area contributed by atoms with Gasteiger partial charge in [0.2, 0.25) is 0 Å². The molecule has 0 unspecified atom stereocenters. The third kappa shape index (κ3) is 2.43. The molecule has 0 radical (unpaired) electrons. The molecule has 0 aliphatic rings. The Morgan fingerprint density at radius 2 is 2.21 bits per heavy atom. The van der Waals surface area contributed by atoms with E-state index < -0.39 is 11.0 Å². The summed E-state index contributed by atoms with van der Waals surface area (Å²) in [4.78, 5) is 20.8. The maximum absolute atomic E-state index is 10.7. The maximum Gasteiger partial charge on any atom is 0.338 e. The molecule has 74 valence electrons. The van der Waals surface area contributed by atoms with E-state index in [9.17, 15) is 14.9 Å². The van der Waals surface area contributed by atoms with E-state index in [4.69, 9.17) is 5.11 Å². The van der Waals surface area contributed by atoms with Crippen LogP contribution < -0.4 is 5.43 Å². The van der Waals surface area contributed by atoms with Crippen molar-refractivity contribution in [3.8, 4) is 0 Å². The number of carbonyl (C=O) groups is 1. The minimum absolute atomic E-state index is 0.0503. The molecule has 14 heavy (non-hydrogen) atoms. The molecule has 6 nitrogen and oxygen atoms in total. The van der Waals surface area contributed by atoms with E-state index in [-0.39, 0.29) is 11.3 Å². The van der Waals surface area contributed by atoms with Gasteiger partial charge in [0.15, 0.2) is 5.03 Å². The van der Waals surface area contributed by atoms with Crippen LogP contribution in [0.1, 0.15) is 10.4 Å². The van der Waals surface area contributed by atoms with Crippen LogP contribution in [0.15, 0.2) is 22.7 Å². The molecule has 0 saturated carbocycles. The lowest BCUT2D eigenvalue weighted by molar-refractivity contribution is -0.445. The van der Waals surface area contributed by atoms with Gasteiger partial charge >= 0.3 is 5.97 Å². The molecule has 0 atom stereocenters. The van der Waals surface area contributed by atoms with Gasteiger partial charge in [0.1, 0.15) is 5.69 Å². The highest BCUT2D eigenvalue weighted by Gasteiger charge is 2.13. The lowest BCUT2D eigenvalue weighted by atomic mass is 10.2. The number of hydrogen-bond donors (Lipinski definition) is 2. The third-order valence-electron chi connectivity index (χ3n) is 1.42. The van der Waals surface area contributed by atoms with Gasteiger partial charge in [-0.1, -0.05) is 15.9 Å². The minimum atomic E-state index is -1.23. The number of nitrogens with zero attached hydrogens (tertiary/aromatic N) is 1. The molecular formula is C7H5BrN2O4. The molecule has 7 heteroatoms. The summed E-state index contributed by atoms with van der Waals surface area (Å²) in [5.41, 5.74) is 1.60. The number of benzene rings is 1. The quantitative estimate of drug-likeness (QED) is 0.638. The van der Waals surface area contributed by atoms with Gasteiger partial charge < -0.3 is 5.11 Å². The largest absolute Gasteiger partial charge is 0.478 e. The van der Waals surface area contributed by atoms with Crippen LogP contribution in [0, 0.1) is 10.1 Å². The molecular weight excluding hydrogens is 256 g/mol. The number of anilines is 1. The summed E-state index contributed by atoms with van der Waals surface area (Å²) in [7, 11) is 0. The van der Waals surface area contributed by atoms with Gasteiger partial charge in [0.25, 0.3) is 0 Å². The van der Waals surface area contributed by atoms with E-state index in [0.717, 1.165) is 0 Å². The summed E-state index contributed by atoms with van der Waals surface area (Å²) in [6.45, 7) is 0. The summed E-state index contributed by atoms with van der Waals surface area (Å²) < 4.78 is 0.545. The highest BCUT2D eigenvalue weighted by atomic mass is 79.9. The van der Waals surface area contributed by atoms with Crippen LogP contribution in [0.3, 0.4) is 0 Å². The number of hydrogen-bond acceptors (Lipinski definition) is 3. The highest BCUT2D eigenvalue weighted by Crippen LogP contribution is 2.20. The zero-order valence-corrected chi connectivity index (χ0v) is 8.32. The van der Waals surface area contributed by atoms with Crippen LogP contribution >= 0.6 is 15.9 Å². The first-order valence-corrected chi connectivity index (χ1v) is 4.24. The molecule has 0 aromatic heterocycles. The van der Waals surface area contributed by atoms with E-state index in [2.05, 4.69) is 15.9 Å². The Labute approximate surface area is 86.8 Å². The molecule has 0 spiro atoms. The van der Waals surface area contributed by atoms with Gasteiger partial charge in [-0.25, -0.2) is 14.9 Å². The zero-order valence-electron chi connectivity index (χ0n) is 6.73. The topological polar surface area (TPSA) is 92.5 Å². The minimum Gasteiger partial charge on any atom is -0.478 e. The Hall–Kier alpha value is -1.63. The Morgan fingerprint density at radius 3 is 2.71 bits per heavy atom. The van der Waals surface area contributed by atoms with Gasteiger partial charge in [-0.05, 0) is 18.2 Å². The van der Waals surface area contributed by atoms with Crippen LogP contribution in [-0.4, -0.2) is 16.1 Å². The summed E-state index contributed by atoms with van der Waals surface area (Å²) in [6, 6.07) is 4.11.